The Morgan fingerprint density at radius 1 is 0.369 bits per heavy atom. The first-order valence-electron chi connectivity index (χ1n) is 29.6. The number of aliphatic hydroxyl groups is 3. The van der Waals surface area contributed by atoms with Crippen LogP contribution in [0.15, 0.2) is 24.3 Å². The number of amides is 1. The van der Waals surface area contributed by atoms with Crippen molar-refractivity contribution in [2.75, 3.05) is 6.61 Å². The Morgan fingerprint density at radius 3 is 0.938 bits per heavy atom. The van der Waals surface area contributed by atoms with Crippen molar-refractivity contribution in [1.29, 1.82) is 0 Å². The minimum absolute atomic E-state index is 0.152. The third-order valence-electron chi connectivity index (χ3n) is 14.0. The fourth-order valence-electron chi connectivity index (χ4n) is 9.48. The number of carbonyl (C=O) groups excluding carboxylic acids is 1. The molecular formula is C60H117NO4. The summed E-state index contributed by atoms with van der Waals surface area (Å²) >= 11 is 0. The summed E-state index contributed by atoms with van der Waals surface area (Å²) in [7, 11) is 0. The van der Waals surface area contributed by atoms with Crippen molar-refractivity contribution < 1.29 is 20.1 Å². The van der Waals surface area contributed by atoms with Crippen molar-refractivity contribution in [3.05, 3.63) is 24.3 Å². The Kier molecular flexibility index (Phi) is 54.4. The predicted octanol–water partition coefficient (Wildman–Crippen LogP) is 18.5. The number of hydrogen-bond acceptors (Lipinski definition) is 4. The Balaban J connectivity index is 3.49. The van der Waals surface area contributed by atoms with E-state index in [2.05, 4.69) is 43.5 Å². The van der Waals surface area contributed by atoms with E-state index in [0.29, 0.717) is 12.8 Å². The molecule has 0 aromatic heterocycles. The van der Waals surface area contributed by atoms with Crippen molar-refractivity contribution in [3.63, 3.8) is 0 Å². The van der Waals surface area contributed by atoms with Gasteiger partial charge in [0.1, 0.15) is 6.10 Å². The molecule has 0 aromatic rings. The summed E-state index contributed by atoms with van der Waals surface area (Å²) < 4.78 is 0. The van der Waals surface area contributed by atoms with Gasteiger partial charge in [-0.05, 0) is 51.4 Å². The molecule has 5 heteroatoms. The second-order valence-electron chi connectivity index (χ2n) is 20.5. The van der Waals surface area contributed by atoms with Crippen LogP contribution in [0, 0.1) is 0 Å². The van der Waals surface area contributed by atoms with E-state index in [0.717, 1.165) is 44.9 Å². The third-order valence-corrected chi connectivity index (χ3v) is 14.0. The molecule has 0 spiro atoms. The molecule has 0 saturated carbocycles. The summed E-state index contributed by atoms with van der Waals surface area (Å²) in [4.78, 5) is 12.5. The lowest BCUT2D eigenvalue weighted by molar-refractivity contribution is -0.124. The lowest BCUT2D eigenvalue weighted by atomic mass is 10.0. The molecule has 386 valence electrons. The van der Waals surface area contributed by atoms with Crippen molar-refractivity contribution in [3.8, 4) is 0 Å². The molecule has 3 atom stereocenters. The van der Waals surface area contributed by atoms with Gasteiger partial charge in [-0.2, -0.15) is 0 Å². The van der Waals surface area contributed by atoms with E-state index in [9.17, 15) is 20.1 Å². The molecule has 4 N–H and O–H groups in total. The summed E-state index contributed by atoms with van der Waals surface area (Å²) in [5.41, 5.74) is 0. The van der Waals surface area contributed by atoms with E-state index in [4.69, 9.17) is 0 Å². The number of carbonyl (C=O) groups is 1. The van der Waals surface area contributed by atoms with E-state index in [1.54, 1.807) is 0 Å². The number of hydrogen-bond donors (Lipinski definition) is 4. The second kappa shape index (κ2) is 55.4. The fraction of sp³-hybridized carbons (Fsp3) is 0.917. The first-order valence-corrected chi connectivity index (χ1v) is 29.6. The first kappa shape index (κ1) is 63.8. The quantitative estimate of drug-likeness (QED) is 0.0361. The van der Waals surface area contributed by atoms with Crippen molar-refractivity contribution in [2.45, 2.75) is 347 Å². The molecule has 5 nitrogen and oxygen atoms in total. The molecule has 0 heterocycles. The predicted molar refractivity (Wildman–Crippen MR) is 287 cm³/mol. The largest absolute Gasteiger partial charge is 0.394 e. The molecule has 3 unspecified atom stereocenters. The van der Waals surface area contributed by atoms with Crippen molar-refractivity contribution in [2.24, 2.45) is 0 Å². The highest BCUT2D eigenvalue weighted by Crippen LogP contribution is 2.18. The van der Waals surface area contributed by atoms with Crippen molar-refractivity contribution >= 4 is 5.91 Å². The van der Waals surface area contributed by atoms with Gasteiger partial charge in [-0.15, -0.1) is 0 Å². The molecular weight excluding hydrogens is 799 g/mol. The van der Waals surface area contributed by atoms with Gasteiger partial charge in [0.05, 0.1) is 18.8 Å². The topological polar surface area (TPSA) is 89.8 Å². The Bertz CT molecular complexity index is 967. The standard InChI is InChI=1S/C60H117NO4/c1-3-5-7-9-11-13-15-17-19-21-23-24-25-26-27-28-29-30-31-32-33-34-35-36-37-39-41-43-45-47-49-51-53-55-59(64)61-57(56-62)60(65)58(63)54-52-50-48-46-44-42-40-38-22-20-18-16-14-12-10-8-6-4-2/h38,40,46,48,57-58,60,62-63,65H,3-37,39,41-45,47,49-56H2,1-2H3,(H,61,64)/b40-38+,48-46+. The molecule has 0 aliphatic carbocycles. The summed E-state index contributed by atoms with van der Waals surface area (Å²) in [6.45, 7) is 4.20. The van der Waals surface area contributed by atoms with Crippen LogP contribution >= 0.6 is 0 Å². The van der Waals surface area contributed by atoms with Crippen LogP contribution in [0.25, 0.3) is 0 Å². The van der Waals surface area contributed by atoms with E-state index in [1.807, 2.05) is 0 Å². The average molecular weight is 917 g/mol. The second-order valence-corrected chi connectivity index (χ2v) is 20.5. The summed E-state index contributed by atoms with van der Waals surface area (Å²) in [6.07, 6.45) is 70.7. The Labute approximate surface area is 407 Å². The summed E-state index contributed by atoms with van der Waals surface area (Å²) in [6, 6.07) is -0.830. The molecule has 0 saturated heterocycles. The third kappa shape index (κ3) is 50.5. The molecule has 0 aliphatic rings. The molecule has 0 bridgehead atoms. The van der Waals surface area contributed by atoms with Crippen LogP contribution < -0.4 is 5.32 Å². The van der Waals surface area contributed by atoms with Gasteiger partial charge < -0.3 is 20.6 Å². The zero-order valence-electron chi connectivity index (χ0n) is 44.1. The number of unbranched alkanes of at least 4 members (excludes halogenated alkanes) is 43. The monoisotopic (exact) mass is 916 g/mol. The molecule has 0 rings (SSSR count). The highest BCUT2D eigenvalue weighted by atomic mass is 16.3. The average Bonchev–Trinajstić information content (AvgIpc) is 3.31. The molecule has 0 aromatic carbocycles. The van der Waals surface area contributed by atoms with Gasteiger partial charge in [-0.3, -0.25) is 4.79 Å². The van der Waals surface area contributed by atoms with E-state index < -0.39 is 18.2 Å². The molecule has 65 heavy (non-hydrogen) atoms. The normalized spacial score (nSPS) is 13.4. The van der Waals surface area contributed by atoms with Gasteiger partial charge in [-0.1, -0.05) is 295 Å². The van der Waals surface area contributed by atoms with Gasteiger partial charge in [0.25, 0.3) is 0 Å². The maximum atomic E-state index is 12.5. The Hall–Kier alpha value is -1.17. The van der Waals surface area contributed by atoms with Gasteiger partial charge >= 0.3 is 0 Å². The maximum Gasteiger partial charge on any atom is 0.220 e. The van der Waals surface area contributed by atoms with E-state index >= 15 is 0 Å². The van der Waals surface area contributed by atoms with E-state index in [1.165, 1.54) is 257 Å². The minimum Gasteiger partial charge on any atom is -0.394 e. The lowest BCUT2D eigenvalue weighted by Gasteiger charge is -2.26. The lowest BCUT2D eigenvalue weighted by Crippen LogP contribution is -2.50. The highest BCUT2D eigenvalue weighted by Gasteiger charge is 2.26. The van der Waals surface area contributed by atoms with Crippen molar-refractivity contribution in [1.82, 2.24) is 5.32 Å². The smallest absolute Gasteiger partial charge is 0.220 e. The number of nitrogens with one attached hydrogen (secondary N) is 1. The van der Waals surface area contributed by atoms with Crippen LogP contribution in [0.3, 0.4) is 0 Å². The summed E-state index contributed by atoms with van der Waals surface area (Å²) in [5.74, 6) is -0.152. The molecule has 0 fully saturated rings. The molecule has 1 amide bonds. The SMILES string of the molecule is CCCCCCCCCCC/C=C/CC/C=C/CCCC(O)C(O)C(CO)NC(=O)CCCCCCCCCCCCCCCCCCCCCCCCCCCCCCCCCCC. The van der Waals surface area contributed by atoms with Gasteiger partial charge in [0.2, 0.25) is 5.91 Å². The van der Waals surface area contributed by atoms with Gasteiger partial charge in [0.15, 0.2) is 0 Å². The zero-order chi connectivity index (χ0) is 47.2. The Morgan fingerprint density at radius 2 is 0.631 bits per heavy atom. The van der Waals surface area contributed by atoms with Crippen LogP contribution in [0.5, 0.6) is 0 Å². The van der Waals surface area contributed by atoms with Crippen LogP contribution in [0.4, 0.5) is 0 Å². The number of allylic oxidation sites excluding steroid dienone is 4. The zero-order valence-corrected chi connectivity index (χ0v) is 44.1. The number of rotatable bonds is 55. The van der Waals surface area contributed by atoms with Crippen LogP contribution in [-0.2, 0) is 4.79 Å². The molecule has 0 aliphatic heterocycles. The fourth-order valence-corrected chi connectivity index (χ4v) is 9.48. The van der Waals surface area contributed by atoms with Gasteiger partial charge in [-0.25, -0.2) is 0 Å². The first-order chi connectivity index (χ1) is 32.1. The van der Waals surface area contributed by atoms with Gasteiger partial charge in [0, 0.05) is 6.42 Å². The van der Waals surface area contributed by atoms with Crippen LogP contribution in [0.2, 0.25) is 0 Å². The minimum atomic E-state index is -1.16. The van der Waals surface area contributed by atoms with Crippen LogP contribution in [0.1, 0.15) is 328 Å². The van der Waals surface area contributed by atoms with Crippen LogP contribution in [-0.4, -0.2) is 46.1 Å². The summed E-state index contributed by atoms with van der Waals surface area (Å²) in [5, 5.41) is 33.7. The number of aliphatic hydroxyl groups excluding tert-OH is 3. The maximum absolute atomic E-state index is 12.5. The highest BCUT2D eigenvalue weighted by molar-refractivity contribution is 5.76. The molecule has 0 radical (unpaired) electrons. The van der Waals surface area contributed by atoms with E-state index in [-0.39, 0.29) is 12.5 Å².